The number of rotatable bonds is 5. The second-order valence-electron chi connectivity index (χ2n) is 5.39. The minimum atomic E-state index is -3.91. The van der Waals surface area contributed by atoms with Crippen molar-refractivity contribution in [3.63, 3.8) is 0 Å². The standard InChI is InChI=1S/C14H18FNO4S/c1-9-12(15)6-11(14(17)18)7-13(9)21(19,20)16-8-10-4-2-3-5-10/h6-7,10,16H,2-5,8H2,1H3,(H,17,18). The molecule has 0 atom stereocenters. The SMILES string of the molecule is Cc1c(F)cc(C(=O)O)cc1S(=O)(=O)NCC1CCCC1. The molecule has 21 heavy (non-hydrogen) atoms. The van der Waals surface area contributed by atoms with Crippen LogP contribution in [0.25, 0.3) is 0 Å². The highest BCUT2D eigenvalue weighted by Gasteiger charge is 2.24. The molecule has 7 heteroatoms. The molecule has 0 unspecified atom stereocenters. The average molecular weight is 315 g/mol. The van der Waals surface area contributed by atoms with E-state index in [0.29, 0.717) is 12.5 Å². The number of aromatic carboxylic acids is 1. The summed E-state index contributed by atoms with van der Waals surface area (Å²) in [4.78, 5) is 10.6. The summed E-state index contributed by atoms with van der Waals surface area (Å²) in [6.07, 6.45) is 4.14. The maximum absolute atomic E-state index is 13.7. The van der Waals surface area contributed by atoms with Gasteiger partial charge in [-0.05, 0) is 37.8 Å². The summed E-state index contributed by atoms with van der Waals surface area (Å²) in [5.74, 6) is -1.90. The molecule has 116 valence electrons. The molecule has 1 fully saturated rings. The van der Waals surface area contributed by atoms with Gasteiger partial charge in [0.2, 0.25) is 10.0 Å². The quantitative estimate of drug-likeness (QED) is 0.873. The molecule has 1 aromatic rings. The molecule has 1 saturated carbocycles. The molecular formula is C14H18FNO4S. The van der Waals surface area contributed by atoms with Crippen LogP contribution in [0.2, 0.25) is 0 Å². The molecule has 0 radical (unpaired) electrons. The first kappa shape index (κ1) is 15.9. The van der Waals surface area contributed by atoms with Crippen LogP contribution in [0.4, 0.5) is 4.39 Å². The third-order valence-corrected chi connectivity index (χ3v) is 5.42. The van der Waals surface area contributed by atoms with E-state index in [-0.39, 0.29) is 16.0 Å². The largest absolute Gasteiger partial charge is 0.478 e. The highest BCUT2D eigenvalue weighted by atomic mass is 32.2. The van der Waals surface area contributed by atoms with Crippen molar-refractivity contribution in [2.75, 3.05) is 6.54 Å². The Morgan fingerprint density at radius 1 is 1.38 bits per heavy atom. The first-order valence-electron chi connectivity index (χ1n) is 6.84. The van der Waals surface area contributed by atoms with Gasteiger partial charge in [-0.25, -0.2) is 22.3 Å². The molecule has 2 rings (SSSR count). The number of carboxylic acid groups (broad SMARTS) is 1. The van der Waals surface area contributed by atoms with Crippen molar-refractivity contribution in [3.8, 4) is 0 Å². The number of halogens is 1. The van der Waals surface area contributed by atoms with Crippen molar-refractivity contribution in [3.05, 3.63) is 29.1 Å². The minimum Gasteiger partial charge on any atom is -0.478 e. The number of sulfonamides is 1. The maximum Gasteiger partial charge on any atom is 0.335 e. The molecule has 0 aromatic heterocycles. The van der Waals surface area contributed by atoms with Crippen LogP contribution in [0, 0.1) is 18.7 Å². The molecule has 1 aliphatic rings. The number of benzene rings is 1. The van der Waals surface area contributed by atoms with E-state index >= 15 is 0 Å². The third-order valence-electron chi connectivity index (χ3n) is 3.87. The van der Waals surface area contributed by atoms with Crippen molar-refractivity contribution in [2.24, 2.45) is 5.92 Å². The van der Waals surface area contributed by atoms with E-state index in [1.165, 1.54) is 6.92 Å². The third kappa shape index (κ3) is 3.59. The van der Waals surface area contributed by atoms with Crippen LogP contribution < -0.4 is 4.72 Å². The monoisotopic (exact) mass is 315 g/mol. The van der Waals surface area contributed by atoms with Gasteiger partial charge in [0, 0.05) is 12.1 Å². The van der Waals surface area contributed by atoms with Crippen molar-refractivity contribution in [1.82, 2.24) is 4.72 Å². The number of hydrogen-bond donors (Lipinski definition) is 2. The van der Waals surface area contributed by atoms with Crippen LogP contribution in [0.3, 0.4) is 0 Å². The Kier molecular flexibility index (Phi) is 4.63. The molecule has 0 heterocycles. The van der Waals surface area contributed by atoms with Crippen LogP contribution in [-0.4, -0.2) is 26.0 Å². The summed E-state index contributed by atoms with van der Waals surface area (Å²) in [5.41, 5.74) is -0.446. The van der Waals surface area contributed by atoms with Gasteiger partial charge in [0.1, 0.15) is 5.82 Å². The topological polar surface area (TPSA) is 83.5 Å². The van der Waals surface area contributed by atoms with Gasteiger partial charge in [-0.15, -0.1) is 0 Å². The molecule has 0 spiro atoms. The second kappa shape index (κ2) is 6.11. The number of carbonyl (C=O) groups is 1. The van der Waals surface area contributed by atoms with E-state index in [9.17, 15) is 17.6 Å². The Hall–Kier alpha value is -1.47. The van der Waals surface area contributed by atoms with Gasteiger partial charge < -0.3 is 5.11 Å². The van der Waals surface area contributed by atoms with E-state index in [1.807, 2.05) is 0 Å². The lowest BCUT2D eigenvalue weighted by Crippen LogP contribution is -2.29. The fourth-order valence-electron chi connectivity index (χ4n) is 2.58. The van der Waals surface area contributed by atoms with Crippen LogP contribution in [-0.2, 0) is 10.0 Å². The summed E-state index contributed by atoms with van der Waals surface area (Å²) in [5, 5.41) is 8.91. The molecule has 1 aromatic carbocycles. The van der Waals surface area contributed by atoms with E-state index < -0.39 is 21.8 Å². The predicted molar refractivity (Wildman–Crippen MR) is 75.2 cm³/mol. The lowest BCUT2D eigenvalue weighted by molar-refractivity contribution is 0.0696. The maximum atomic E-state index is 13.7. The van der Waals surface area contributed by atoms with Gasteiger partial charge in [-0.1, -0.05) is 12.8 Å². The Morgan fingerprint density at radius 3 is 2.57 bits per heavy atom. The molecule has 0 aliphatic heterocycles. The smallest absolute Gasteiger partial charge is 0.335 e. The number of nitrogens with one attached hydrogen (secondary N) is 1. The zero-order valence-electron chi connectivity index (χ0n) is 11.7. The molecular weight excluding hydrogens is 297 g/mol. The van der Waals surface area contributed by atoms with E-state index in [4.69, 9.17) is 5.11 Å². The van der Waals surface area contributed by atoms with Gasteiger partial charge >= 0.3 is 5.97 Å². The zero-order valence-corrected chi connectivity index (χ0v) is 12.5. The summed E-state index contributed by atoms with van der Waals surface area (Å²) < 4.78 is 40.7. The minimum absolute atomic E-state index is 0.0704. The lowest BCUT2D eigenvalue weighted by Gasteiger charge is -2.13. The highest BCUT2D eigenvalue weighted by Crippen LogP contribution is 2.25. The molecule has 0 saturated heterocycles. The van der Waals surface area contributed by atoms with Gasteiger partial charge in [-0.2, -0.15) is 0 Å². The van der Waals surface area contributed by atoms with Crippen LogP contribution in [0.5, 0.6) is 0 Å². The fraction of sp³-hybridized carbons (Fsp3) is 0.500. The first-order chi connectivity index (χ1) is 9.81. The van der Waals surface area contributed by atoms with Gasteiger partial charge in [0.25, 0.3) is 0 Å². The Labute approximate surface area is 123 Å². The molecule has 5 nitrogen and oxygen atoms in total. The van der Waals surface area contributed by atoms with Crippen LogP contribution in [0.1, 0.15) is 41.6 Å². The predicted octanol–water partition coefficient (Wildman–Crippen LogP) is 2.30. The van der Waals surface area contributed by atoms with E-state index in [1.54, 1.807) is 0 Å². The van der Waals surface area contributed by atoms with Gasteiger partial charge in [0.15, 0.2) is 0 Å². The lowest BCUT2D eigenvalue weighted by atomic mass is 10.1. The Bertz CT molecular complexity index is 651. The molecule has 2 N–H and O–H groups in total. The van der Waals surface area contributed by atoms with Gasteiger partial charge in [-0.3, -0.25) is 0 Å². The summed E-state index contributed by atoms with van der Waals surface area (Å²) >= 11 is 0. The Balaban J connectivity index is 2.27. The molecule has 1 aliphatic carbocycles. The van der Waals surface area contributed by atoms with Crippen molar-refractivity contribution in [1.29, 1.82) is 0 Å². The average Bonchev–Trinajstić information content (AvgIpc) is 2.92. The second-order valence-corrected chi connectivity index (χ2v) is 7.12. The summed E-state index contributed by atoms with van der Waals surface area (Å²) in [6, 6.07) is 1.82. The van der Waals surface area contributed by atoms with Crippen molar-refractivity contribution >= 4 is 16.0 Å². The summed E-state index contributed by atoms with van der Waals surface area (Å²) in [7, 11) is -3.91. The van der Waals surface area contributed by atoms with E-state index in [2.05, 4.69) is 4.72 Å². The summed E-state index contributed by atoms with van der Waals surface area (Å²) in [6.45, 7) is 1.63. The first-order valence-corrected chi connectivity index (χ1v) is 8.32. The van der Waals surface area contributed by atoms with Crippen molar-refractivity contribution < 1.29 is 22.7 Å². The molecule has 0 bridgehead atoms. The molecule has 0 amide bonds. The van der Waals surface area contributed by atoms with Gasteiger partial charge in [0.05, 0.1) is 10.5 Å². The van der Waals surface area contributed by atoms with Crippen LogP contribution in [0.15, 0.2) is 17.0 Å². The van der Waals surface area contributed by atoms with E-state index in [0.717, 1.165) is 37.8 Å². The normalized spacial score (nSPS) is 16.3. The highest BCUT2D eigenvalue weighted by molar-refractivity contribution is 7.89. The fourth-order valence-corrected chi connectivity index (χ4v) is 3.97. The number of hydrogen-bond acceptors (Lipinski definition) is 3. The zero-order chi connectivity index (χ0) is 15.6. The number of carboxylic acids is 1. The Morgan fingerprint density at radius 2 is 2.00 bits per heavy atom. The van der Waals surface area contributed by atoms with Crippen molar-refractivity contribution in [2.45, 2.75) is 37.5 Å². The van der Waals surface area contributed by atoms with Crippen LogP contribution >= 0.6 is 0 Å².